The van der Waals surface area contributed by atoms with Crippen LogP contribution in [0.3, 0.4) is 0 Å². The molecule has 4 heteroatoms. The molecule has 1 fully saturated rings. The van der Waals surface area contributed by atoms with E-state index in [2.05, 4.69) is 6.07 Å². The quantitative estimate of drug-likeness (QED) is 0.766. The number of piperidine rings is 1. The van der Waals surface area contributed by atoms with Crippen LogP contribution in [0.2, 0.25) is 0 Å². The van der Waals surface area contributed by atoms with Crippen molar-refractivity contribution >= 4 is 10.0 Å². The summed E-state index contributed by atoms with van der Waals surface area (Å²) < 4.78 is 25.7. The van der Waals surface area contributed by atoms with Crippen molar-refractivity contribution in [2.75, 3.05) is 13.1 Å². The molecule has 1 aromatic carbocycles. The molecule has 81 valence electrons. The zero-order valence-electron chi connectivity index (χ0n) is 8.52. The zero-order chi connectivity index (χ0) is 10.7. The Morgan fingerprint density at radius 3 is 2.47 bits per heavy atom. The average Bonchev–Trinajstić information content (AvgIpc) is 2.31. The Morgan fingerprint density at radius 2 is 1.87 bits per heavy atom. The monoisotopic (exact) mass is 224 g/mol. The summed E-state index contributed by atoms with van der Waals surface area (Å²) in [7, 11) is -3.28. The fraction of sp³-hybridized carbons (Fsp3) is 0.455. The molecule has 1 aliphatic rings. The SMILES string of the molecule is O=S(=O)(c1[c]cccc1)N1CCCCC1. The van der Waals surface area contributed by atoms with E-state index < -0.39 is 10.0 Å². The highest BCUT2D eigenvalue weighted by molar-refractivity contribution is 7.89. The summed E-state index contributed by atoms with van der Waals surface area (Å²) in [4.78, 5) is 0.284. The van der Waals surface area contributed by atoms with Crippen LogP contribution in [0.4, 0.5) is 0 Å². The van der Waals surface area contributed by atoms with Gasteiger partial charge in [-0.1, -0.05) is 24.6 Å². The van der Waals surface area contributed by atoms with E-state index in [0.29, 0.717) is 13.1 Å². The molecule has 0 amide bonds. The molecule has 0 N–H and O–H groups in total. The van der Waals surface area contributed by atoms with Gasteiger partial charge in [-0.2, -0.15) is 4.31 Å². The number of nitrogens with zero attached hydrogens (tertiary/aromatic N) is 1. The van der Waals surface area contributed by atoms with Crippen molar-refractivity contribution in [1.82, 2.24) is 4.31 Å². The highest BCUT2D eigenvalue weighted by Gasteiger charge is 2.25. The van der Waals surface area contributed by atoms with Crippen LogP contribution in [0, 0.1) is 6.07 Å². The van der Waals surface area contributed by atoms with Crippen LogP contribution >= 0.6 is 0 Å². The van der Waals surface area contributed by atoms with E-state index in [4.69, 9.17) is 0 Å². The third kappa shape index (κ3) is 2.21. The normalized spacial score (nSPS) is 18.9. The molecule has 0 aliphatic carbocycles. The lowest BCUT2D eigenvalue weighted by molar-refractivity contribution is 0.346. The number of hydrogen-bond acceptors (Lipinski definition) is 2. The molecule has 3 nitrogen and oxygen atoms in total. The maximum atomic E-state index is 12.1. The van der Waals surface area contributed by atoms with Gasteiger partial charge in [-0.3, -0.25) is 0 Å². The van der Waals surface area contributed by atoms with Gasteiger partial charge in [-0.05, 0) is 18.9 Å². The molecule has 1 radical (unpaired) electrons. The maximum Gasteiger partial charge on any atom is 0.243 e. The predicted octanol–water partition coefficient (Wildman–Crippen LogP) is 1.66. The first kappa shape index (κ1) is 10.6. The molecule has 1 aliphatic heterocycles. The van der Waals surface area contributed by atoms with Crippen molar-refractivity contribution < 1.29 is 8.42 Å². The Labute approximate surface area is 90.8 Å². The van der Waals surface area contributed by atoms with Crippen LogP contribution in [0.5, 0.6) is 0 Å². The molecule has 0 unspecified atom stereocenters. The predicted molar refractivity (Wildman–Crippen MR) is 57.9 cm³/mol. The molecule has 0 bridgehead atoms. The van der Waals surface area contributed by atoms with Crippen LogP contribution in [-0.2, 0) is 10.0 Å². The molecular formula is C11H14NO2S. The lowest BCUT2D eigenvalue weighted by atomic mass is 10.2. The van der Waals surface area contributed by atoms with E-state index >= 15 is 0 Å². The minimum atomic E-state index is -3.28. The molecule has 0 saturated carbocycles. The zero-order valence-corrected chi connectivity index (χ0v) is 9.33. The minimum absolute atomic E-state index is 0.284. The second-order valence-corrected chi connectivity index (χ2v) is 5.60. The first-order chi connectivity index (χ1) is 7.21. The number of sulfonamides is 1. The molecule has 1 heterocycles. The van der Waals surface area contributed by atoms with Gasteiger partial charge in [0, 0.05) is 19.2 Å². The lowest BCUT2D eigenvalue weighted by Gasteiger charge is -2.25. The van der Waals surface area contributed by atoms with Crippen LogP contribution in [0.25, 0.3) is 0 Å². The first-order valence-corrected chi connectivity index (χ1v) is 6.62. The summed E-state index contributed by atoms with van der Waals surface area (Å²) in [5.74, 6) is 0. The Hall–Kier alpha value is -0.870. The van der Waals surface area contributed by atoms with Gasteiger partial charge in [0.2, 0.25) is 10.0 Å². The van der Waals surface area contributed by atoms with E-state index in [1.54, 1.807) is 28.6 Å². The van der Waals surface area contributed by atoms with E-state index in [1.165, 1.54) is 0 Å². The molecule has 0 spiro atoms. The average molecular weight is 224 g/mol. The second-order valence-electron chi connectivity index (χ2n) is 3.69. The third-order valence-corrected chi connectivity index (χ3v) is 4.47. The van der Waals surface area contributed by atoms with Gasteiger partial charge in [0.15, 0.2) is 0 Å². The Morgan fingerprint density at radius 1 is 1.13 bits per heavy atom. The molecule has 0 atom stereocenters. The van der Waals surface area contributed by atoms with Crippen molar-refractivity contribution in [2.24, 2.45) is 0 Å². The van der Waals surface area contributed by atoms with Gasteiger partial charge in [0.05, 0.1) is 4.90 Å². The van der Waals surface area contributed by atoms with Gasteiger partial charge in [0.1, 0.15) is 0 Å². The Kier molecular flexibility index (Phi) is 3.07. The molecular weight excluding hydrogens is 210 g/mol. The van der Waals surface area contributed by atoms with E-state index in [9.17, 15) is 8.42 Å². The number of rotatable bonds is 2. The summed E-state index contributed by atoms with van der Waals surface area (Å²) in [6.07, 6.45) is 3.06. The van der Waals surface area contributed by atoms with Crippen LogP contribution < -0.4 is 0 Å². The topological polar surface area (TPSA) is 37.4 Å². The summed E-state index contributed by atoms with van der Waals surface area (Å²) in [5, 5.41) is 0. The van der Waals surface area contributed by atoms with Gasteiger partial charge in [0.25, 0.3) is 0 Å². The highest BCUT2D eigenvalue weighted by atomic mass is 32.2. The van der Waals surface area contributed by atoms with Crippen molar-refractivity contribution in [3.05, 3.63) is 30.3 Å². The van der Waals surface area contributed by atoms with E-state index in [0.717, 1.165) is 19.3 Å². The van der Waals surface area contributed by atoms with E-state index in [1.807, 2.05) is 0 Å². The molecule has 1 saturated heterocycles. The smallest absolute Gasteiger partial charge is 0.207 e. The fourth-order valence-electron chi connectivity index (χ4n) is 1.78. The summed E-state index contributed by atoms with van der Waals surface area (Å²) in [5.41, 5.74) is 0. The molecule has 1 aromatic rings. The summed E-state index contributed by atoms with van der Waals surface area (Å²) >= 11 is 0. The number of benzene rings is 1. The van der Waals surface area contributed by atoms with Crippen LogP contribution in [0.1, 0.15) is 19.3 Å². The van der Waals surface area contributed by atoms with E-state index in [-0.39, 0.29) is 4.90 Å². The van der Waals surface area contributed by atoms with Gasteiger partial charge in [-0.25, -0.2) is 8.42 Å². The highest BCUT2D eigenvalue weighted by Crippen LogP contribution is 2.19. The van der Waals surface area contributed by atoms with Crippen LogP contribution in [-0.4, -0.2) is 25.8 Å². The standard InChI is InChI=1S/C11H14NO2S/c13-15(14,11-7-3-1-4-8-11)12-9-5-2-6-10-12/h1,3-4,7H,2,5-6,9-10H2. The lowest BCUT2D eigenvalue weighted by Crippen LogP contribution is -2.35. The van der Waals surface area contributed by atoms with Crippen LogP contribution in [0.15, 0.2) is 29.2 Å². The largest absolute Gasteiger partial charge is 0.243 e. The second kappa shape index (κ2) is 4.33. The van der Waals surface area contributed by atoms with Gasteiger partial charge >= 0.3 is 0 Å². The molecule has 2 rings (SSSR count). The summed E-state index contributed by atoms with van der Waals surface area (Å²) in [6, 6.07) is 9.52. The Bertz CT molecular complexity index is 407. The first-order valence-electron chi connectivity index (χ1n) is 5.18. The van der Waals surface area contributed by atoms with Gasteiger partial charge < -0.3 is 0 Å². The fourth-order valence-corrected chi connectivity index (χ4v) is 3.27. The van der Waals surface area contributed by atoms with Gasteiger partial charge in [-0.15, -0.1) is 0 Å². The maximum absolute atomic E-state index is 12.1. The van der Waals surface area contributed by atoms with Crippen molar-refractivity contribution in [2.45, 2.75) is 24.2 Å². The van der Waals surface area contributed by atoms with Crippen molar-refractivity contribution in [3.63, 3.8) is 0 Å². The Balaban J connectivity index is 2.26. The van der Waals surface area contributed by atoms with Crippen molar-refractivity contribution in [1.29, 1.82) is 0 Å². The number of hydrogen-bond donors (Lipinski definition) is 0. The summed E-state index contributed by atoms with van der Waals surface area (Å²) in [6.45, 7) is 1.29. The molecule has 0 aromatic heterocycles. The third-order valence-electron chi connectivity index (χ3n) is 2.61. The molecule has 15 heavy (non-hydrogen) atoms. The minimum Gasteiger partial charge on any atom is -0.207 e. The van der Waals surface area contributed by atoms with Crippen molar-refractivity contribution in [3.8, 4) is 0 Å².